The minimum absolute atomic E-state index is 0.253. The Bertz CT molecular complexity index is 948. The number of ether oxygens (including phenoxy) is 1. The van der Waals surface area contributed by atoms with Gasteiger partial charge in [-0.05, 0) is 48.9 Å². The van der Waals surface area contributed by atoms with Crippen LogP contribution in [0.3, 0.4) is 0 Å². The third-order valence-corrected chi connectivity index (χ3v) is 5.05. The highest BCUT2D eigenvalue weighted by Crippen LogP contribution is 2.36. The number of carbonyl (C=O) groups is 2. The molecule has 0 bridgehead atoms. The van der Waals surface area contributed by atoms with Crippen LogP contribution in [0.25, 0.3) is 6.08 Å². The molecule has 4 nitrogen and oxygen atoms in total. The molecule has 0 saturated heterocycles. The molecule has 2 aromatic rings. The molecule has 0 spiro atoms. The van der Waals surface area contributed by atoms with Crippen LogP contribution in [0.2, 0.25) is 5.02 Å². The number of benzene rings is 2. The fourth-order valence-corrected chi connectivity index (χ4v) is 3.35. The lowest BCUT2D eigenvalue weighted by molar-refractivity contribution is -0.136. The van der Waals surface area contributed by atoms with Crippen molar-refractivity contribution in [2.45, 2.75) is 6.92 Å². The predicted octanol–water partition coefficient (Wildman–Crippen LogP) is 4.98. The van der Waals surface area contributed by atoms with Crippen molar-refractivity contribution in [1.29, 1.82) is 0 Å². The van der Waals surface area contributed by atoms with Crippen molar-refractivity contribution in [3.63, 3.8) is 0 Å². The monoisotopic (exact) mass is 431 g/mol. The summed E-state index contributed by atoms with van der Waals surface area (Å²) in [6.45, 7) is 1.72. The van der Waals surface area contributed by atoms with Gasteiger partial charge in [-0.25, -0.2) is 4.79 Å². The van der Waals surface area contributed by atoms with Crippen LogP contribution in [0.15, 0.2) is 69.8 Å². The number of carbonyl (C=O) groups excluding carboxylic acids is 2. The first-order valence-electron chi connectivity index (χ1n) is 7.80. The first-order valence-corrected chi connectivity index (χ1v) is 8.97. The van der Waals surface area contributed by atoms with E-state index in [4.69, 9.17) is 16.3 Å². The molecule has 26 heavy (non-hydrogen) atoms. The van der Waals surface area contributed by atoms with Crippen molar-refractivity contribution in [2.75, 3.05) is 12.0 Å². The molecule has 0 fully saturated rings. The summed E-state index contributed by atoms with van der Waals surface area (Å²) in [6, 6.07) is 14.3. The van der Waals surface area contributed by atoms with E-state index in [1.807, 2.05) is 24.3 Å². The Labute approximate surface area is 164 Å². The van der Waals surface area contributed by atoms with Crippen LogP contribution in [0.5, 0.6) is 0 Å². The number of anilines is 1. The maximum atomic E-state index is 13.1. The van der Waals surface area contributed by atoms with Gasteiger partial charge in [-0.3, -0.25) is 9.69 Å². The van der Waals surface area contributed by atoms with Gasteiger partial charge in [-0.15, -0.1) is 0 Å². The van der Waals surface area contributed by atoms with Crippen molar-refractivity contribution in [1.82, 2.24) is 0 Å². The van der Waals surface area contributed by atoms with Crippen LogP contribution in [0.4, 0.5) is 5.69 Å². The molecule has 0 aromatic heterocycles. The summed E-state index contributed by atoms with van der Waals surface area (Å²) < 4.78 is 5.73. The fourth-order valence-electron chi connectivity index (χ4n) is 2.83. The van der Waals surface area contributed by atoms with E-state index in [9.17, 15) is 9.59 Å². The van der Waals surface area contributed by atoms with E-state index in [1.165, 1.54) is 12.0 Å². The van der Waals surface area contributed by atoms with Crippen molar-refractivity contribution in [3.8, 4) is 0 Å². The molecular weight excluding hydrogens is 418 g/mol. The fraction of sp³-hybridized carbons (Fsp3) is 0.100. The van der Waals surface area contributed by atoms with E-state index in [0.29, 0.717) is 16.4 Å². The molecule has 3 rings (SSSR count). The van der Waals surface area contributed by atoms with Gasteiger partial charge in [-0.1, -0.05) is 45.7 Å². The Kier molecular flexibility index (Phi) is 5.30. The molecule has 0 N–H and O–H groups in total. The Morgan fingerprint density at radius 1 is 1.15 bits per heavy atom. The smallest absolute Gasteiger partial charge is 0.340 e. The number of hydrogen-bond donors (Lipinski definition) is 0. The number of amides is 1. The summed E-state index contributed by atoms with van der Waals surface area (Å²) in [5.41, 5.74) is 2.48. The first kappa shape index (κ1) is 18.4. The van der Waals surface area contributed by atoms with Crippen molar-refractivity contribution >= 4 is 51.2 Å². The molecule has 0 aliphatic carbocycles. The lowest BCUT2D eigenvalue weighted by atomic mass is 10.0. The van der Waals surface area contributed by atoms with Gasteiger partial charge in [0.15, 0.2) is 0 Å². The minimum atomic E-state index is -0.550. The first-order chi connectivity index (χ1) is 12.4. The van der Waals surface area contributed by atoms with Gasteiger partial charge in [0.2, 0.25) is 0 Å². The van der Waals surface area contributed by atoms with E-state index < -0.39 is 5.97 Å². The summed E-state index contributed by atoms with van der Waals surface area (Å²) in [5.74, 6) is -0.841. The molecule has 6 heteroatoms. The number of hydrogen-bond acceptors (Lipinski definition) is 3. The van der Waals surface area contributed by atoms with Crippen molar-refractivity contribution in [3.05, 3.63) is 80.4 Å². The van der Waals surface area contributed by atoms with Gasteiger partial charge in [0, 0.05) is 20.9 Å². The zero-order valence-electron chi connectivity index (χ0n) is 14.1. The predicted molar refractivity (Wildman–Crippen MR) is 106 cm³/mol. The zero-order valence-corrected chi connectivity index (χ0v) is 16.5. The zero-order chi connectivity index (χ0) is 18.8. The average molecular weight is 433 g/mol. The highest BCUT2D eigenvalue weighted by atomic mass is 79.9. The quantitative estimate of drug-likeness (QED) is 0.508. The Morgan fingerprint density at radius 3 is 2.42 bits per heavy atom. The van der Waals surface area contributed by atoms with Crippen LogP contribution in [-0.2, 0) is 14.3 Å². The number of methoxy groups -OCH3 is 1. The van der Waals surface area contributed by atoms with Crippen LogP contribution in [0, 0.1) is 0 Å². The molecule has 1 aliphatic rings. The van der Waals surface area contributed by atoms with Crippen LogP contribution < -0.4 is 4.90 Å². The Morgan fingerprint density at radius 2 is 1.81 bits per heavy atom. The molecule has 132 valence electrons. The second-order valence-electron chi connectivity index (χ2n) is 5.65. The molecule has 0 atom stereocenters. The highest BCUT2D eigenvalue weighted by molar-refractivity contribution is 9.10. The normalized spacial score (nSPS) is 15.8. The molecule has 0 radical (unpaired) electrons. The average Bonchev–Trinajstić information content (AvgIpc) is 2.87. The molecule has 1 heterocycles. The van der Waals surface area contributed by atoms with E-state index in [-0.39, 0.29) is 17.1 Å². The molecular formula is C20H15BrClNO3. The number of allylic oxidation sites excluding steroid dienone is 1. The molecule has 1 amide bonds. The number of rotatable bonds is 3. The third kappa shape index (κ3) is 3.32. The third-order valence-electron chi connectivity index (χ3n) is 4.08. The lowest BCUT2D eigenvalue weighted by Crippen LogP contribution is -2.24. The molecule has 1 aliphatic heterocycles. The Hall–Kier alpha value is -2.37. The van der Waals surface area contributed by atoms with Crippen molar-refractivity contribution < 1.29 is 14.3 Å². The largest absolute Gasteiger partial charge is 0.465 e. The number of esters is 1. The van der Waals surface area contributed by atoms with Crippen LogP contribution in [-0.4, -0.2) is 19.0 Å². The number of nitrogens with zero attached hydrogens (tertiary/aromatic N) is 1. The standard InChI is InChI=1S/C20H15BrClNO3/c1-12-18(20(25)26-2)16(11-13-5-3-4-6-17(13)21)19(24)23(12)15-9-7-14(22)8-10-15/h3-11H,1-2H3/b16-11-. The van der Waals surface area contributed by atoms with Gasteiger partial charge in [0.1, 0.15) is 0 Å². The van der Waals surface area contributed by atoms with Crippen LogP contribution in [0.1, 0.15) is 12.5 Å². The summed E-state index contributed by atoms with van der Waals surface area (Å²) in [6.07, 6.45) is 1.69. The van der Waals surface area contributed by atoms with E-state index >= 15 is 0 Å². The highest BCUT2D eigenvalue weighted by Gasteiger charge is 2.37. The molecule has 0 saturated carbocycles. The van der Waals surface area contributed by atoms with Crippen molar-refractivity contribution in [2.24, 2.45) is 0 Å². The summed E-state index contributed by atoms with van der Waals surface area (Å²) >= 11 is 9.40. The SMILES string of the molecule is COC(=O)C1=C(C)N(c2ccc(Cl)cc2)C(=O)/C1=C\c1ccccc1Br. The maximum absolute atomic E-state index is 13.1. The van der Waals surface area contributed by atoms with Gasteiger partial charge >= 0.3 is 5.97 Å². The second-order valence-corrected chi connectivity index (χ2v) is 6.94. The number of halogens is 2. The summed E-state index contributed by atoms with van der Waals surface area (Å²) in [7, 11) is 1.30. The second kappa shape index (κ2) is 7.48. The van der Waals surface area contributed by atoms with E-state index in [1.54, 1.807) is 37.3 Å². The molecule has 2 aromatic carbocycles. The Balaban J connectivity index is 2.15. The summed E-state index contributed by atoms with van der Waals surface area (Å²) in [4.78, 5) is 27.0. The topological polar surface area (TPSA) is 46.6 Å². The van der Waals surface area contributed by atoms with Gasteiger partial charge in [0.05, 0.1) is 18.3 Å². The van der Waals surface area contributed by atoms with Crippen LogP contribution >= 0.6 is 27.5 Å². The van der Waals surface area contributed by atoms with Gasteiger partial charge < -0.3 is 4.74 Å². The van der Waals surface area contributed by atoms with Gasteiger partial charge in [-0.2, -0.15) is 0 Å². The van der Waals surface area contributed by atoms with Gasteiger partial charge in [0.25, 0.3) is 5.91 Å². The van der Waals surface area contributed by atoms with E-state index in [0.717, 1.165) is 10.0 Å². The lowest BCUT2D eigenvalue weighted by Gasteiger charge is -2.17. The van der Waals surface area contributed by atoms with E-state index in [2.05, 4.69) is 15.9 Å². The summed E-state index contributed by atoms with van der Waals surface area (Å²) in [5, 5.41) is 0.569. The molecule has 0 unspecified atom stereocenters. The minimum Gasteiger partial charge on any atom is -0.465 e. The maximum Gasteiger partial charge on any atom is 0.340 e.